The van der Waals surface area contributed by atoms with Crippen molar-refractivity contribution in [1.82, 2.24) is 4.98 Å². The maximum atomic E-state index is 8.96. The molecule has 0 aromatic carbocycles. The van der Waals surface area contributed by atoms with Gasteiger partial charge in [0, 0.05) is 11.7 Å². The summed E-state index contributed by atoms with van der Waals surface area (Å²) in [5.74, 6) is 0.834. The van der Waals surface area contributed by atoms with Gasteiger partial charge in [0.05, 0.1) is 11.6 Å². The smallest absolute Gasteiger partial charge is 0.127 e. The summed E-state index contributed by atoms with van der Waals surface area (Å²) < 4.78 is 0. The molecule has 1 rings (SSSR count). The van der Waals surface area contributed by atoms with Gasteiger partial charge in [-0.25, -0.2) is 4.98 Å². The summed E-state index contributed by atoms with van der Waals surface area (Å²) in [7, 11) is 0. The van der Waals surface area contributed by atoms with Crippen LogP contribution in [0.1, 0.15) is 57.2 Å². The molecule has 0 aliphatic heterocycles. The van der Waals surface area contributed by atoms with E-state index in [0.29, 0.717) is 11.6 Å². The fraction of sp³-hybridized carbons (Fsp3) is 0.600. The molecule has 0 aliphatic rings. The normalized spacial score (nSPS) is 11.9. The van der Waals surface area contributed by atoms with Crippen molar-refractivity contribution in [3.05, 3.63) is 23.4 Å². The minimum atomic E-state index is 0.468. The van der Waals surface area contributed by atoms with Crippen molar-refractivity contribution in [2.75, 3.05) is 5.32 Å². The Morgan fingerprint density at radius 3 is 2.67 bits per heavy atom. The largest absolute Gasteiger partial charge is 0.367 e. The van der Waals surface area contributed by atoms with Gasteiger partial charge in [-0.05, 0) is 31.9 Å². The number of nitriles is 1. The molecule has 1 heterocycles. The van der Waals surface area contributed by atoms with Crippen LogP contribution in [0.2, 0.25) is 0 Å². The third kappa shape index (κ3) is 4.75. The number of anilines is 1. The Bertz CT molecular complexity index is 407. The molecule has 1 aromatic rings. The van der Waals surface area contributed by atoms with Gasteiger partial charge in [-0.1, -0.05) is 33.1 Å². The van der Waals surface area contributed by atoms with E-state index >= 15 is 0 Å². The van der Waals surface area contributed by atoms with Crippen molar-refractivity contribution in [3.8, 4) is 6.07 Å². The molecule has 0 aliphatic carbocycles. The quantitative estimate of drug-likeness (QED) is 0.789. The molecule has 1 atom stereocenters. The zero-order valence-corrected chi connectivity index (χ0v) is 11.7. The van der Waals surface area contributed by atoms with E-state index in [1.54, 1.807) is 0 Å². The van der Waals surface area contributed by atoms with E-state index in [-0.39, 0.29) is 0 Å². The first kappa shape index (κ1) is 14.5. The second-order valence-electron chi connectivity index (χ2n) is 4.77. The van der Waals surface area contributed by atoms with Crippen molar-refractivity contribution in [2.45, 2.75) is 58.9 Å². The van der Waals surface area contributed by atoms with E-state index in [2.05, 4.69) is 30.2 Å². The first-order valence-electron chi connectivity index (χ1n) is 6.84. The molecule has 1 N–H and O–H groups in total. The molecular weight excluding hydrogens is 222 g/mol. The van der Waals surface area contributed by atoms with Crippen LogP contribution in [0, 0.1) is 18.3 Å². The lowest BCUT2D eigenvalue weighted by molar-refractivity contribution is 0.563. The minimum absolute atomic E-state index is 0.468. The molecule has 98 valence electrons. The summed E-state index contributed by atoms with van der Waals surface area (Å²) in [6.45, 7) is 6.33. The van der Waals surface area contributed by atoms with Crippen LogP contribution in [0.4, 0.5) is 5.82 Å². The molecule has 1 aromatic heterocycles. The maximum Gasteiger partial charge on any atom is 0.127 e. The molecule has 0 amide bonds. The fourth-order valence-corrected chi connectivity index (χ4v) is 2.10. The van der Waals surface area contributed by atoms with Gasteiger partial charge in [0.1, 0.15) is 5.82 Å². The summed E-state index contributed by atoms with van der Waals surface area (Å²) in [6.07, 6.45) is 5.93. The molecule has 3 nitrogen and oxygen atoms in total. The third-order valence-corrected chi connectivity index (χ3v) is 2.98. The topological polar surface area (TPSA) is 48.7 Å². The van der Waals surface area contributed by atoms with E-state index < -0.39 is 0 Å². The Balaban J connectivity index is 2.73. The van der Waals surface area contributed by atoms with Crippen LogP contribution in [0.25, 0.3) is 0 Å². The predicted molar refractivity (Wildman–Crippen MR) is 75.5 cm³/mol. The van der Waals surface area contributed by atoms with Crippen LogP contribution < -0.4 is 5.32 Å². The number of hydrogen-bond donors (Lipinski definition) is 1. The lowest BCUT2D eigenvalue weighted by Gasteiger charge is -2.18. The van der Waals surface area contributed by atoms with Crippen LogP contribution in [0.15, 0.2) is 12.1 Å². The van der Waals surface area contributed by atoms with Gasteiger partial charge in [-0.2, -0.15) is 5.26 Å². The molecule has 3 heteroatoms. The maximum absolute atomic E-state index is 8.96. The van der Waals surface area contributed by atoms with Gasteiger partial charge >= 0.3 is 0 Å². The molecule has 0 spiro atoms. The minimum Gasteiger partial charge on any atom is -0.367 e. The molecule has 0 saturated carbocycles. The van der Waals surface area contributed by atoms with Crippen molar-refractivity contribution >= 4 is 5.82 Å². The third-order valence-electron chi connectivity index (χ3n) is 2.98. The van der Waals surface area contributed by atoms with E-state index in [4.69, 9.17) is 5.26 Å². The highest BCUT2D eigenvalue weighted by Crippen LogP contribution is 2.15. The number of aryl methyl sites for hydroxylation is 1. The van der Waals surface area contributed by atoms with E-state index in [9.17, 15) is 0 Å². The number of pyridine rings is 1. The number of nitrogens with zero attached hydrogens (tertiary/aromatic N) is 2. The van der Waals surface area contributed by atoms with Crippen LogP contribution in [-0.4, -0.2) is 11.0 Å². The number of unbranched alkanes of at least 4 members (excludes halogenated alkanes) is 1. The zero-order chi connectivity index (χ0) is 13.4. The SMILES string of the molecule is CCCCC(CCC)Nc1cc(C#N)cc(C)n1. The van der Waals surface area contributed by atoms with E-state index in [1.807, 2.05) is 19.1 Å². The van der Waals surface area contributed by atoms with Crippen LogP contribution >= 0.6 is 0 Å². The molecule has 1 unspecified atom stereocenters. The highest BCUT2D eigenvalue weighted by atomic mass is 15.0. The van der Waals surface area contributed by atoms with Gasteiger partial charge in [-0.3, -0.25) is 0 Å². The summed E-state index contributed by atoms with van der Waals surface area (Å²) in [5.41, 5.74) is 1.57. The average Bonchev–Trinajstić information content (AvgIpc) is 2.35. The Morgan fingerprint density at radius 1 is 1.28 bits per heavy atom. The van der Waals surface area contributed by atoms with E-state index in [1.165, 1.54) is 19.3 Å². The molecule has 0 radical (unpaired) electrons. The summed E-state index contributed by atoms with van der Waals surface area (Å²) >= 11 is 0. The summed E-state index contributed by atoms with van der Waals surface area (Å²) in [4.78, 5) is 4.45. The molecule has 0 bridgehead atoms. The lowest BCUT2D eigenvalue weighted by atomic mass is 10.1. The van der Waals surface area contributed by atoms with Crippen molar-refractivity contribution in [1.29, 1.82) is 5.26 Å². The summed E-state index contributed by atoms with van der Waals surface area (Å²) in [6, 6.07) is 6.29. The van der Waals surface area contributed by atoms with Gasteiger partial charge in [0.25, 0.3) is 0 Å². The zero-order valence-electron chi connectivity index (χ0n) is 11.7. The van der Waals surface area contributed by atoms with Gasteiger partial charge in [-0.15, -0.1) is 0 Å². The Hall–Kier alpha value is -1.56. The Morgan fingerprint density at radius 2 is 2.06 bits per heavy atom. The number of aromatic nitrogens is 1. The standard InChI is InChI=1S/C15H23N3/c1-4-6-8-14(7-5-2)18-15-10-13(11-16)9-12(3)17-15/h9-10,14H,4-8H2,1-3H3,(H,17,18). The van der Waals surface area contributed by atoms with Gasteiger partial charge < -0.3 is 5.32 Å². The second-order valence-corrected chi connectivity index (χ2v) is 4.77. The summed E-state index contributed by atoms with van der Waals surface area (Å²) in [5, 5.41) is 12.4. The molecular formula is C15H23N3. The van der Waals surface area contributed by atoms with Crippen LogP contribution in [0.5, 0.6) is 0 Å². The first-order chi connectivity index (χ1) is 8.69. The van der Waals surface area contributed by atoms with Crippen molar-refractivity contribution in [3.63, 3.8) is 0 Å². The fourth-order valence-electron chi connectivity index (χ4n) is 2.10. The number of rotatable bonds is 7. The van der Waals surface area contributed by atoms with Crippen molar-refractivity contribution < 1.29 is 0 Å². The monoisotopic (exact) mass is 245 g/mol. The molecule has 0 fully saturated rings. The van der Waals surface area contributed by atoms with Crippen molar-refractivity contribution in [2.24, 2.45) is 0 Å². The highest BCUT2D eigenvalue weighted by Gasteiger charge is 2.08. The molecule has 18 heavy (non-hydrogen) atoms. The second kappa shape index (κ2) is 7.71. The Labute approximate surface area is 110 Å². The number of hydrogen-bond acceptors (Lipinski definition) is 3. The first-order valence-corrected chi connectivity index (χ1v) is 6.84. The van der Waals surface area contributed by atoms with Gasteiger partial charge in [0.2, 0.25) is 0 Å². The lowest BCUT2D eigenvalue weighted by Crippen LogP contribution is -2.20. The van der Waals surface area contributed by atoms with E-state index in [0.717, 1.165) is 24.4 Å². The van der Waals surface area contributed by atoms with Gasteiger partial charge in [0.15, 0.2) is 0 Å². The average molecular weight is 245 g/mol. The van der Waals surface area contributed by atoms with Crippen LogP contribution in [0.3, 0.4) is 0 Å². The van der Waals surface area contributed by atoms with Crippen LogP contribution in [-0.2, 0) is 0 Å². The predicted octanol–water partition coefficient (Wildman–Crippen LogP) is 4.03. The highest BCUT2D eigenvalue weighted by molar-refractivity contribution is 5.44. The number of nitrogens with one attached hydrogen (secondary N) is 1. The Kier molecular flexibility index (Phi) is 6.21. The molecule has 0 saturated heterocycles.